The lowest BCUT2D eigenvalue weighted by atomic mass is 10.1. The first-order valence-electron chi connectivity index (χ1n) is 8.50. The van der Waals surface area contributed by atoms with Crippen LogP contribution in [0.3, 0.4) is 0 Å². The lowest BCUT2D eigenvalue weighted by Gasteiger charge is -2.23. The van der Waals surface area contributed by atoms with Gasteiger partial charge in [0.05, 0.1) is 18.3 Å². The highest BCUT2D eigenvalue weighted by Gasteiger charge is 2.23. The SMILES string of the molecule is Cc1c(C(=O)NCC(=O)Nc2ccc(F)cc2)nnn1C1CCNCC1. The van der Waals surface area contributed by atoms with E-state index in [0.717, 1.165) is 25.9 Å². The molecule has 1 aromatic carbocycles. The third kappa shape index (κ3) is 4.23. The summed E-state index contributed by atoms with van der Waals surface area (Å²) in [4.78, 5) is 24.2. The van der Waals surface area contributed by atoms with Gasteiger partial charge in [0.1, 0.15) is 5.82 Å². The number of hydrogen-bond donors (Lipinski definition) is 3. The molecule has 3 rings (SSSR count). The third-order valence-electron chi connectivity index (χ3n) is 4.33. The maximum absolute atomic E-state index is 12.9. The Kier molecular flexibility index (Phi) is 5.57. The molecule has 2 heterocycles. The number of amides is 2. The number of halogens is 1. The minimum atomic E-state index is -0.447. The molecule has 2 amide bonds. The number of piperidine rings is 1. The molecule has 9 heteroatoms. The summed E-state index contributed by atoms with van der Waals surface area (Å²) >= 11 is 0. The summed E-state index contributed by atoms with van der Waals surface area (Å²) in [6.45, 7) is 3.41. The van der Waals surface area contributed by atoms with Crippen molar-refractivity contribution in [3.05, 3.63) is 41.5 Å². The fourth-order valence-electron chi connectivity index (χ4n) is 2.93. The van der Waals surface area contributed by atoms with Crippen molar-refractivity contribution >= 4 is 17.5 Å². The third-order valence-corrected chi connectivity index (χ3v) is 4.33. The summed E-state index contributed by atoms with van der Waals surface area (Å²) < 4.78 is 14.6. The van der Waals surface area contributed by atoms with Crippen molar-refractivity contribution in [3.63, 3.8) is 0 Å². The second-order valence-electron chi connectivity index (χ2n) is 6.19. The Bertz CT molecular complexity index is 783. The highest BCUT2D eigenvalue weighted by molar-refractivity contribution is 5.98. The molecule has 0 spiro atoms. The van der Waals surface area contributed by atoms with E-state index in [0.29, 0.717) is 11.4 Å². The minimum Gasteiger partial charge on any atom is -0.342 e. The first-order valence-corrected chi connectivity index (χ1v) is 8.50. The smallest absolute Gasteiger partial charge is 0.274 e. The Hall–Kier alpha value is -2.81. The fourth-order valence-corrected chi connectivity index (χ4v) is 2.93. The second kappa shape index (κ2) is 8.05. The van der Waals surface area contributed by atoms with E-state index in [1.165, 1.54) is 24.3 Å². The number of nitrogens with zero attached hydrogens (tertiary/aromatic N) is 3. The van der Waals surface area contributed by atoms with E-state index in [1.807, 2.05) is 0 Å². The lowest BCUT2D eigenvalue weighted by Crippen LogP contribution is -2.33. The van der Waals surface area contributed by atoms with Crippen molar-refractivity contribution in [2.45, 2.75) is 25.8 Å². The van der Waals surface area contributed by atoms with Gasteiger partial charge in [-0.25, -0.2) is 9.07 Å². The molecule has 0 saturated carbocycles. The predicted molar refractivity (Wildman–Crippen MR) is 93.3 cm³/mol. The van der Waals surface area contributed by atoms with Crippen LogP contribution in [0.4, 0.5) is 10.1 Å². The van der Waals surface area contributed by atoms with Gasteiger partial charge in [-0.05, 0) is 57.1 Å². The van der Waals surface area contributed by atoms with E-state index in [2.05, 4.69) is 26.3 Å². The van der Waals surface area contributed by atoms with E-state index in [-0.39, 0.29) is 24.1 Å². The Balaban J connectivity index is 1.55. The van der Waals surface area contributed by atoms with Gasteiger partial charge in [0, 0.05) is 5.69 Å². The second-order valence-corrected chi connectivity index (χ2v) is 6.19. The first kappa shape index (κ1) is 18.0. The van der Waals surface area contributed by atoms with Crippen LogP contribution in [0.5, 0.6) is 0 Å². The number of carbonyl (C=O) groups excluding carboxylic acids is 2. The molecule has 0 bridgehead atoms. The topological polar surface area (TPSA) is 101 Å². The predicted octanol–water partition coefficient (Wildman–Crippen LogP) is 1.02. The summed E-state index contributed by atoms with van der Waals surface area (Å²) in [6.07, 6.45) is 1.87. The van der Waals surface area contributed by atoms with Gasteiger partial charge in [-0.2, -0.15) is 0 Å². The van der Waals surface area contributed by atoms with E-state index in [1.54, 1.807) is 11.6 Å². The quantitative estimate of drug-likeness (QED) is 0.739. The molecule has 26 heavy (non-hydrogen) atoms. The van der Waals surface area contributed by atoms with Crippen LogP contribution >= 0.6 is 0 Å². The van der Waals surface area contributed by atoms with Gasteiger partial charge < -0.3 is 16.0 Å². The molecule has 8 nitrogen and oxygen atoms in total. The number of anilines is 1. The number of carbonyl (C=O) groups is 2. The molecule has 1 aliphatic rings. The van der Waals surface area contributed by atoms with Crippen LogP contribution in [-0.4, -0.2) is 46.4 Å². The van der Waals surface area contributed by atoms with Gasteiger partial charge in [-0.3, -0.25) is 9.59 Å². The molecular weight excluding hydrogens is 339 g/mol. The monoisotopic (exact) mass is 360 g/mol. The minimum absolute atomic E-state index is 0.212. The standard InChI is InChI=1S/C17H21FN6O2/c1-11-16(22-23-24(11)14-6-8-19-9-7-14)17(26)20-10-15(25)21-13-4-2-12(18)3-5-13/h2-5,14,19H,6-10H2,1H3,(H,20,26)(H,21,25). The number of aromatic nitrogens is 3. The molecule has 1 saturated heterocycles. The maximum Gasteiger partial charge on any atom is 0.274 e. The van der Waals surface area contributed by atoms with Gasteiger partial charge in [0.15, 0.2) is 5.69 Å². The molecule has 0 radical (unpaired) electrons. The van der Waals surface area contributed by atoms with Gasteiger partial charge in [-0.15, -0.1) is 5.10 Å². The van der Waals surface area contributed by atoms with Crippen LogP contribution in [0.25, 0.3) is 0 Å². The van der Waals surface area contributed by atoms with Gasteiger partial charge in [0.2, 0.25) is 5.91 Å². The molecule has 1 aromatic heterocycles. The largest absolute Gasteiger partial charge is 0.342 e. The van der Waals surface area contributed by atoms with Crippen LogP contribution in [-0.2, 0) is 4.79 Å². The number of nitrogens with one attached hydrogen (secondary N) is 3. The molecule has 0 unspecified atom stereocenters. The van der Waals surface area contributed by atoms with E-state index in [4.69, 9.17) is 0 Å². The Labute approximate surface area is 150 Å². The van der Waals surface area contributed by atoms with E-state index in [9.17, 15) is 14.0 Å². The molecule has 1 fully saturated rings. The van der Waals surface area contributed by atoms with E-state index >= 15 is 0 Å². The molecule has 1 aliphatic heterocycles. The van der Waals surface area contributed by atoms with Gasteiger partial charge >= 0.3 is 0 Å². The normalized spacial score (nSPS) is 14.8. The van der Waals surface area contributed by atoms with E-state index < -0.39 is 11.8 Å². The molecule has 0 aliphatic carbocycles. The average Bonchev–Trinajstić information content (AvgIpc) is 3.04. The fraction of sp³-hybridized carbons (Fsp3) is 0.412. The summed E-state index contributed by atoms with van der Waals surface area (Å²) in [7, 11) is 0. The van der Waals surface area contributed by atoms with Crippen molar-refractivity contribution in [1.82, 2.24) is 25.6 Å². The number of benzene rings is 1. The summed E-state index contributed by atoms with van der Waals surface area (Å²) in [5.41, 5.74) is 1.37. The maximum atomic E-state index is 12.9. The van der Waals surface area contributed by atoms with Crippen molar-refractivity contribution in [2.24, 2.45) is 0 Å². The van der Waals surface area contributed by atoms with Gasteiger partial charge in [-0.1, -0.05) is 5.21 Å². The molecule has 138 valence electrons. The molecular formula is C17H21FN6O2. The van der Waals surface area contributed by atoms with Crippen molar-refractivity contribution < 1.29 is 14.0 Å². The van der Waals surface area contributed by atoms with Crippen molar-refractivity contribution in [2.75, 3.05) is 25.0 Å². The summed E-state index contributed by atoms with van der Waals surface area (Å²) in [5.74, 6) is -1.24. The average molecular weight is 360 g/mol. The highest BCUT2D eigenvalue weighted by Crippen LogP contribution is 2.20. The molecule has 2 aromatic rings. The van der Waals surface area contributed by atoms with Crippen molar-refractivity contribution in [3.8, 4) is 0 Å². The Morgan fingerprint density at radius 3 is 2.65 bits per heavy atom. The molecule has 3 N–H and O–H groups in total. The summed E-state index contributed by atoms with van der Waals surface area (Å²) in [6, 6.07) is 5.62. The Morgan fingerprint density at radius 2 is 1.96 bits per heavy atom. The number of rotatable bonds is 5. The van der Waals surface area contributed by atoms with Gasteiger partial charge in [0.25, 0.3) is 5.91 Å². The van der Waals surface area contributed by atoms with Crippen LogP contribution in [0, 0.1) is 12.7 Å². The zero-order valence-electron chi connectivity index (χ0n) is 14.5. The number of hydrogen-bond acceptors (Lipinski definition) is 5. The lowest BCUT2D eigenvalue weighted by molar-refractivity contribution is -0.115. The Morgan fingerprint density at radius 1 is 1.27 bits per heavy atom. The zero-order chi connectivity index (χ0) is 18.5. The first-order chi connectivity index (χ1) is 12.5. The molecule has 0 atom stereocenters. The van der Waals surface area contributed by atoms with Crippen LogP contribution in [0.2, 0.25) is 0 Å². The highest BCUT2D eigenvalue weighted by atomic mass is 19.1. The van der Waals surface area contributed by atoms with Crippen molar-refractivity contribution in [1.29, 1.82) is 0 Å². The van der Waals surface area contributed by atoms with Crippen LogP contribution in [0.1, 0.15) is 35.1 Å². The van der Waals surface area contributed by atoms with Crippen LogP contribution in [0.15, 0.2) is 24.3 Å². The van der Waals surface area contributed by atoms with Crippen LogP contribution < -0.4 is 16.0 Å². The summed E-state index contributed by atoms with van der Waals surface area (Å²) in [5, 5.41) is 16.5. The zero-order valence-corrected chi connectivity index (χ0v) is 14.5.